The third-order valence-electron chi connectivity index (χ3n) is 5.11. The van der Waals surface area contributed by atoms with Gasteiger partial charge in [-0.15, -0.1) is 0 Å². The molecule has 1 saturated carbocycles. The van der Waals surface area contributed by atoms with E-state index < -0.39 is 0 Å². The van der Waals surface area contributed by atoms with Crippen LogP contribution in [0.5, 0.6) is 0 Å². The van der Waals surface area contributed by atoms with Crippen LogP contribution in [-0.2, 0) is 6.54 Å². The number of hydrogen-bond donors (Lipinski definition) is 1. The van der Waals surface area contributed by atoms with E-state index in [-0.39, 0.29) is 11.6 Å². The Morgan fingerprint density at radius 1 is 1.45 bits per heavy atom. The molecule has 1 aliphatic rings. The molecule has 0 saturated heterocycles. The molecule has 20 heavy (non-hydrogen) atoms. The topological polar surface area (TPSA) is 47.1 Å². The Labute approximate surface area is 123 Å². The van der Waals surface area contributed by atoms with Crippen molar-refractivity contribution in [3.63, 3.8) is 0 Å². The van der Waals surface area contributed by atoms with E-state index in [1.54, 1.807) is 0 Å². The van der Waals surface area contributed by atoms with Crippen LogP contribution >= 0.6 is 0 Å². The molecule has 0 spiro atoms. The second kappa shape index (κ2) is 6.27. The summed E-state index contributed by atoms with van der Waals surface area (Å²) in [5.41, 5.74) is 8.00. The van der Waals surface area contributed by atoms with Crippen LogP contribution in [0.4, 0.5) is 0 Å². The van der Waals surface area contributed by atoms with E-state index in [0.717, 1.165) is 18.9 Å². The van der Waals surface area contributed by atoms with Gasteiger partial charge in [-0.25, -0.2) is 0 Å². The maximum atomic E-state index is 6.72. The molecule has 114 valence electrons. The molecule has 0 radical (unpaired) electrons. The van der Waals surface area contributed by atoms with Crippen LogP contribution in [-0.4, -0.2) is 34.3 Å². The molecular weight excluding hydrogens is 248 g/mol. The van der Waals surface area contributed by atoms with Crippen LogP contribution < -0.4 is 5.73 Å². The van der Waals surface area contributed by atoms with Gasteiger partial charge in [0.25, 0.3) is 0 Å². The van der Waals surface area contributed by atoms with Crippen LogP contribution in [0.2, 0.25) is 0 Å². The zero-order chi connectivity index (χ0) is 14.8. The average Bonchev–Trinajstić information content (AvgIpc) is 2.87. The second-order valence-electron chi connectivity index (χ2n) is 6.64. The molecule has 4 heteroatoms. The van der Waals surface area contributed by atoms with E-state index in [1.165, 1.54) is 31.4 Å². The van der Waals surface area contributed by atoms with Crippen molar-refractivity contribution in [1.82, 2.24) is 14.7 Å². The average molecular weight is 278 g/mol. The lowest BCUT2D eigenvalue weighted by atomic mass is 9.71. The van der Waals surface area contributed by atoms with E-state index in [9.17, 15) is 0 Å². The lowest BCUT2D eigenvalue weighted by Gasteiger charge is -2.48. The van der Waals surface area contributed by atoms with E-state index in [1.807, 2.05) is 6.20 Å². The largest absolute Gasteiger partial charge is 0.321 e. The van der Waals surface area contributed by atoms with E-state index >= 15 is 0 Å². The van der Waals surface area contributed by atoms with Gasteiger partial charge >= 0.3 is 0 Å². The van der Waals surface area contributed by atoms with Crippen LogP contribution in [0.15, 0.2) is 12.3 Å². The van der Waals surface area contributed by atoms with Crippen molar-refractivity contribution < 1.29 is 0 Å². The maximum Gasteiger partial charge on any atom is 0.0653 e. The molecule has 0 aromatic carbocycles. The summed E-state index contributed by atoms with van der Waals surface area (Å²) >= 11 is 0. The normalized spacial score (nSPS) is 28.8. The van der Waals surface area contributed by atoms with Crippen LogP contribution in [0, 0.1) is 5.92 Å². The fourth-order valence-electron chi connectivity index (χ4n) is 3.58. The van der Waals surface area contributed by atoms with E-state index in [0.29, 0.717) is 0 Å². The highest BCUT2D eigenvalue weighted by Gasteiger charge is 2.43. The zero-order valence-corrected chi connectivity index (χ0v) is 13.5. The lowest BCUT2D eigenvalue weighted by molar-refractivity contribution is 0.0536. The van der Waals surface area contributed by atoms with Gasteiger partial charge in [-0.1, -0.05) is 13.8 Å². The first-order valence-corrected chi connectivity index (χ1v) is 7.96. The molecule has 1 fully saturated rings. The number of nitrogens with zero attached hydrogens (tertiary/aromatic N) is 3. The summed E-state index contributed by atoms with van der Waals surface area (Å²) in [6.07, 6.45) is 7.88. The molecule has 1 aromatic heterocycles. The molecular formula is C16H30N4. The summed E-state index contributed by atoms with van der Waals surface area (Å²) in [5.74, 6) is 0.829. The minimum absolute atomic E-state index is 0.0408. The van der Waals surface area contributed by atoms with E-state index in [4.69, 9.17) is 5.73 Å². The van der Waals surface area contributed by atoms with Gasteiger partial charge in [0.2, 0.25) is 0 Å². The van der Waals surface area contributed by atoms with Gasteiger partial charge in [0.15, 0.2) is 0 Å². The smallest absolute Gasteiger partial charge is 0.0653 e. The standard InChI is InChI=1S/C16H30N4/c1-5-12-20-14(8-11-18-20)15(17)16(19(3)4)9-6-13(2)7-10-16/h8,11,13,15H,5-7,9-10,12,17H2,1-4H3. The number of aryl methyl sites for hydroxylation is 1. The summed E-state index contributed by atoms with van der Waals surface area (Å²) in [7, 11) is 4.35. The maximum absolute atomic E-state index is 6.72. The van der Waals surface area contributed by atoms with Crippen molar-refractivity contribution in [2.75, 3.05) is 14.1 Å². The fraction of sp³-hybridized carbons (Fsp3) is 0.812. The number of nitrogens with two attached hydrogens (primary N) is 1. The predicted octanol–water partition coefficient (Wildman–Crippen LogP) is 2.80. The van der Waals surface area contributed by atoms with Crippen molar-refractivity contribution in [2.45, 2.75) is 64.1 Å². The first-order valence-electron chi connectivity index (χ1n) is 7.96. The van der Waals surface area contributed by atoms with Gasteiger partial charge in [-0.2, -0.15) is 5.10 Å². The summed E-state index contributed by atoms with van der Waals surface area (Å²) in [6, 6.07) is 2.14. The van der Waals surface area contributed by atoms with Gasteiger partial charge in [-0.3, -0.25) is 4.68 Å². The molecule has 1 atom stereocenters. The van der Waals surface area contributed by atoms with Crippen molar-refractivity contribution in [2.24, 2.45) is 11.7 Å². The highest BCUT2D eigenvalue weighted by atomic mass is 15.3. The molecule has 4 nitrogen and oxygen atoms in total. The molecule has 0 aliphatic heterocycles. The number of aromatic nitrogens is 2. The monoisotopic (exact) mass is 278 g/mol. The molecule has 1 aromatic rings. The molecule has 1 aliphatic carbocycles. The molecule has 1 unspecified atom stereocenters. The molecule has 0 bridgehead atoms. The number of rotatable bonds is 5. The minimum Gasteiger partial charge on any atom is -0.321 e. The Kier molecular flexibility index (Phi) is 4.86. The van der Waals surface area contributed by atoms with Crippen molar-refractivity contribution in [3.8, 4) is 0 Å². The Balaban J connectivity index is 2.27. The molecule has 2 rings (SSSR count). The highest BCUT2D eigenvalue weighted by molar-refractivity contribution is 5.15. The molecule has 0 amide bonds. The number of likely N-dealkylation sites (N-methyl/N-ethyl adjacent to an activating group) is 1. The van der Waals surface area contributed by atoms with Crippen LogP contribution in [0.25, 0.3) is 0 Å². The predicted molar refractivity (Wildman–Crippen MR) is 83.5 cm³/mol. The van der Waals surface area contributed by atoms with Crippen LogP contribution in [0.1, 0.15) is 57.7 Å². The summed E-state index contributed by atoms with van der Waals surface area (Å²) in [6.45, 7) is 5.49. The first-order chi connectivity index (χ1) is 9.51. The van der Waals surface area contributed by atoms with Gasteiger partial charge < -0.3 is 10.6 Å². The lowest BCUT2D eigenvalue weighted by Crippen LogP contribution is -2.54. The van der Waals surface area contributed by atoms with E-state index in [2.05, 4.69) is 48.7 Å². The fourth-order valence-corrected chi connectivity index (χ4v) is 3.58. The van der Waals surface area contributed by atoms with Crippen LogP contribution in [0.3, 0.4) is 0 Å². The second-order valence-corrected chi connectivity index (χ2v) is 6.64. The van der Waals surface area contributed by atoms with Crippen molar-refractivity contribution in [1.29, 1.82) is 0 Å². The van der Waals surface area contributed by atoms with Crippen molar-refractivity contribution >= 4 is 0 Å². The summed E-state index contributed by atoms with van der Waals surface area (Å²) in [4.78, 5) is 2.35. The Hall–Kier alpha value is -0.870. The Morgan fingerprint density at radius 3 is 2.65 bits per heavy atom. The Bertz CT molecular complexity index is 416. The quantitative estimate of drug-likeness (QED) is 0.901. The summed E-state index contributed by atoms with van der Waals surface area (Å²) < 4.78 is 2.09. The third kappa shape index (κ3) is 2.77. The first kappa shape index (κ1) is 15.5. The van der Waals surface area contributed by atoms with Crippen molar-refractivity contribution in [3.05, 3.63) is 18.0 Å². The number of hydrogen-bond acceptors (Lipinski definition) is 3. The molecule has 1 heterocycles. The summed E-state index contributed by atoms with van der Waals surface area (Å²) in [5, 5.41) is 4.45. The molecule has 2 N–H and O–H groups in total. The SMILES string of the molecule is CCCn1nccc1C(N)C1(N(C)C)CCC(C)CC1. The highest BCUT2D eigenvalue weighted by Crippen LogP contribution is 2.42. The zero-order valence-electron chi connectivity index (χ0n) is 13.5. The Morgan fingerprint density at radius 2 is 2.10 bits per heavy atom. The van der Waals surface area contributed by atoms with Gasteiger partial charge in [-0.05, 0) is 58.2 Å². The van der Waals surface area contributed by atoms with Gasteiger partial charge in [0.1, 0.15) is 0 Å². The third-order valence-corrected chi connectivity index (χ3v) is 5.11. The minimum atomic E-state index is 0.0408. The van der Waals surface area contributed by atoms with Gasteiger partial charge in [0, 0.05) is 18.3 Å². The van der Waals surface area contributed by atoms with Gasteiger partial charge in [0.05, 0.1) is 11.7 Å².